The largest absolute Gasteiger partial charge is 0.481 e. The molecular weight excluding hydrogens is 1410 g/mol. The van der Waals surface area contributed by atoms with Gasteiger partial charge >= 0.3 is 47.8 Å². The van der Waals surface area contributed by atoms with Crippen LogP contribution < -0.4 is 0 Å². The molecule has 0 amide bonds. The lowest BCUT2D eigenvalue weighted by molar-refractivity contribution is -0.198. The van der Waals surface area contributed by atoms with Crippen LogP contribution in [0.4, 0.5) is 79.0 Å². The molecule has 8 N–H and O–H groups in total. The predicted octanol–water partition coefficient (Wildman–Crippen LogP) is 17.7. The fourth-order valence-electron chi connectivity index (χ4n) is 8.01. The molecule has 1 fully saturated rings. The Balaban J connectivity index is -0.000000200. The number of carboxylic acids is 8. The first-order valence-corrected chi connectivity index (χ1v) is 31.6. The fourth-order valence-corrected chi connectivity index (χ4v) is 8.01. The second-order valence-electron chi connectivity index (χ2n) is 22.5. The van der Waals surface area contributed by atoms with Gasteiger partial charge in [0.2, 0.25) is 0 Å². The Bertz CT molecular complexity index is 2520. The van der Waals surface area contributed by atoms with Crippen molar-refractivity contribution in [2.24, 2.45) is 53.3 Å². The van der Waals surface area contributed by atoms with Gasteiger partial charge in [0, 0.05) is 71.3 Å². The van der Waals surface area contributed by atoms with E-state index in [1.165, 1.54) is 81.6 Å². The zero-order chi connectivity index (χ0) is 81.9. The Labute approximate surface area is 576 Å². The number of Topliss-reactive ketones (excluding diaryl/α,β-unsaturated/α-hetero) is 1. The van der Waals surface area contributed by atoms with Crippen molar-refractivity contribution in [1.29, 1.82) is 0 Å². The molecule has 0 radical (unpaired) electrons. The van der Waals surface area contributed by atoms with E-state index in [1.807, 2.05) is 5.92 Å². The van der Waals surface area contributed by atoms with Crippen LogP contribution >= 0.6 is 0 Å². The van der Waals surface area contributed by atoms with E-state index in [-0.39, 0.29) is 25.2 Å². The third-order valence-corrected chi connectivity index (χ3v) is 15.0. The minimum atomic E-state index is -3.88. The third kappa shape index (κ3) is 42.4. The Morgan fingerprint density at radius 1 is 0.455 bits per heavy atom. The van der Waals surface area contributed by atoms with Crippen molar-refractivity contribution in [1.82, 2.24) is 0 Å². The number of hydrogen-bond donors (Lipinski definition) is 8. The zero-order valence-electron chi connectivity index (χ0n) is 58.8. The van der Waals surface area contributed by atoms with Gasteiger partial charge in [0.15, 0.2) is 11.8 Å². The number of rotatable bonds is 37. The summed E-state index contributed by atoms with van der Waals surface area (Å²) < 4.78 is 236. The van der Waals surface area contributed by atoms with Crippen LogP contribution in [-0.4, -0.2) is 161 Å². The molecule has 0 aromatic carbocycles. The second kappa shape index (κ2) is 50.5. The lowest BCUT2D eigenvalue weighted by Gasteiger charge is -2.31. The summed E-state index contributed by atoms with van der Waals surface area (Å²) in [6, 6.07) is 0. The number of hydrogen-bond acceptors (Lipinski definition) is 10. The predicted molar refractivity (Wildman–Crippen MR) is 333 cm³/mol. The van der Waals surface area contributed by atoms with Crippen LogP contribution in [0.25, 0.3) is 0 Å². The van der Waals surface area contributed by atoms with Crippen molar-refractivity contribution in [3.63, 3.8) is 0 Å². The molecule has 0 heterocycles. The highest BCUT2D eigenvalue weighted by atomic mass is 19.3. The van der Waals surface area contributed by atoms with E-state index < -0.39 is 225 Å². The molecule has 594 valence electrons. The summed E-state index contributed by atoms with van der Waals surface area (Å²) in [5, 5.41) is 67.7. The van der Waals surface area contributed by atoms with Crippen molar-refractivity contribution >= 4 is 53.5 Å². The number of aliphatic carboxylic acids is 8. The number of carbonyl (C=O) groups excluding carboxylic acids is 1. The topological polar surface area (TPSA) is 325 Å². The molecular formula is C65H100F18O18. The lowest BCUT2D eigenvalue weighted by atomic mass is 9.77. The molecule has 7 unspecified atom stereocenters. The molecule has 0 spiro atoms. The van der Waals surface area contributed by atoms with E-state index >= 15 is 0 Å². The number of ether oxygens (including phenoxy) is 1. The van der Waals surface area contributed by atoms with Gasteiger partial charge in [-0.2, -0.15) is 0 Å². The summed E-state index contributed by atoms with van der Waals surface area (Å²) in [5.74, 6) is -53.5. The molecule has 1 aliphatic rings. The summed E-state index contributed by atoms with van der Waals surface area (Å²) in [4.78, 5) is 93.8. The molecule has 18 nitrogen and oxygen atoms in total. The van der Waals surface area contributed by atoms with E-state index in [0.717, 1.165) is 46.1 Å². The third-order valence-electron chi connectivity index (χ3n) is 15.0. The summed E-state index contributed by atoms with van der Waals surface area (Å²) >= 11 is 0. The summed E-state index contributed by atoms with van der Waals surface area (Å²) in [6.45, 7) is 19.2. The number of alkyl halides is 18. The van der Waals surface area contributed by atoms with Gasteiger partial charge in [-0.25, -0.2) is 79.0 Å². The van der Waals surface area contributed by atoms with Crippen molar-refractivity contribution in [2.75, 3.05) is 13.7 Å². The number of methoxy groups -OCH3 is 1. The number of allylic oxidation sites excluding steroid dienone is 2. The van der Waals surface area contributed by atoms with Gasteiger partial charge in [0.1, 0.15) is 41.3 Å². The lowest BCUT2D eigenvalue weighted by Crippen LogP contribution is -2.46. The summed E-state index contributed by atoms with van der Waals surface area (Å²) in [7, 11) is 1.20. The maximum absolute atomic E-state index is 13.2. The minimum Gasteiger partial charge on any atom is -0.481 e. The quantitative estimate of drug-likeness (QED) is 0.0163. The molecule has 1 saturated carbocycles. The standard InChI is InChI=1S/C10H16F2O2.C8H12F4O2.C8H12F2O3.C8H14F2O2.2C8H12F2O2.C8H10F2O2.C7H12F2O3/c1-2-10(11,12)8(9(13)14)6-7-4-3-5-7;1-3-7(9,10)5(6(13)14)8(11,12)4-2;1-3-8(9,10)6(7(12)13)4-5(2)11;4*1-3-5-6(7(11)12)8(9,10)4-2;1-3-7(8,9)5(4-12-2)6(10)11/h7-8H,2-6H2,1H3,(H,13,14);5H,3-4H2,1-2H3,(H,13,14);6H,3-4H2,1-2H3,(H,12,13);6H,3-5H2,1-2H3,(H,11,12);3,5-6H,4H2,1-2H3,(H,11,12);3,6H,1,4-5H2,2H3,(H,11,12);6H,4H2,1-2H3,(H,11,12);5H,3-4H2,1-2H3,(H,10,11)/b;;;;5-3+;;;. The van der Waals surface area contributed by atoms with Crippen molar-refractivity contribution in [3.8, 4) is 11.8 Å². The summed E-state index contributed by atoms with van der Waals surface area (Å²) in [6.07, 6.45) is 1.07. The molecule has 36 heteroatoms. The Hall–Kier alpha value is -6.83. The molecule has 101 heavy (non-hydrogen) atoms. The van der Waals surface area contributed by atoms with E-state index in [1.54, 1.807) is 6.92 Å². The van der Waals surface area contributed by atoms with Crippen LogP contribution in [0.1, 0.15) is 199 Å². The van der Waals surface area contributed by atoms with Crippen LogP contribution in [0, 0.1) is 65.1 Å². The van der Waals surface area contributed by atoms with E-state index in [0.29, 0.717) is 6.42 Å². The molecule has 1 aliphatic carbocycles. The Kier molecular flexibility index (Phi) is 53.8. The molecule has 0 saturated heterocycles. The highest BCUT2D eigenvalue weighted by Gasteiger charge is 2.57. The fraction of sp³-hybridized carbons (Fsp3) is 0.769. The SMILES string of the molecule is C/C=C/C(C(=O)O)C(F)(F)CC.C=CCC(C(=O)O)C(F)(F)CC.CC#CC(C(=O)O)C(F)(F)CC.CCC(F)(F)C(C(=O)O)C(F)(F)CC.CCC(F)(F)C(CC(C)=O)C(=O)O.CCC(F)(F)C(CC1CCC1)C(=O)O.CCC(F)(F)C(COC)C(=O)O.CCCC(C(=O)O)C(F)(F)CC. The van der Waals surface area contributed by atoms with Gasteiger partial charge in [-0.1, -0.05) is 119 Å². The van der Waals surface area contributed by atoms with Crippen LogP contribution in [0.2, 0.25) is 0 Å². The molecule has 7 atom stereocenters. The Morgan fingerprint density at radius 3 is 1.02 bits per heavy atom. The monoisotopic (exact) mass is 1510 g/mol. The van der Waals surface area contributed by atoms with Crippen LogP contribution in [0.3, 0.4) is 0 Å². The van der Waals surface area contributed by atoms with Gasteiger partial charge in [-0.15, -0.1) is 12.5 Å². The number of ketones is 1. The highest BCUT2D eigenvalue weighted by Crippen LogP contribution is 2.42. The maximum atomic E-state index is 13.2. The smallest absolute Gasteiger partial charge is 0.324 e. The minimum absolute atomic E-state index is 0.0379. The van der Waals surface area contributed by atoms with Crippen LogP contribution in [-0.2, 0) is 47.9 Å². The average Bonchev–Trinajstić information content (AvgIpc) is 0.803. The second-order valence-corrected chi connectivity index (χ2v) is 22.5. The molecule has 0 aliphatic heterocycles. The molecule has 0 aromatic rings. The normalized spacial score (nSPS) is 14.8. The van der Waals surface area contributed by atoms with Crippen molar-refractivity contribution in [2.45, 2.75) is 252 Å². The van der Waals surface area contributed by atoms with Crippen molar-refractivity contribution < 1.29 is 168 Å². The first-order chi connectivity index (χ1) is 45.7. The maximum Gasteiger partial charge on any atom is 0.324 e. The number of carbonyl (C=O) groups is 9. The molecule has 0 bridgehead atoms. The van der Waals surface area contributed by atoms with Gasteiger partial charge in [0.05, 0.1) is 6.61 Å². The molecule has 1 rings (SSSR count). The zero-order valence-corrected chi connectivity index (χ0v) is 58.8. The van der Waals surface area contributed by atoms with E-state index in [9.17, 15) is 122 Å². The highest BCUT2D eigenvalue weighted by molar-refractivity contribution is 5.82. The first kappa shape index (κ1) is 108. The average molecular weight is 1510 g/mol. The van der Waals surface area contributed by atoms with Crippen LogP contribution in [0.5, 0.6) is 0 Å². The van der Waals surface area contributed by atoms with E-state index in [2.05, 4.69) is 17.2 Å². The van der Waals surface area contributed by atoms with E-state index in [4.69, 9.17) is 40.9 Å². The van der Waals surface area contributed by atoms with Crippen molar-refractivity contribution in [3.05, 3.63) is 24.8 Å². The number of halogens is 18. The van der Waals surface area contributed by atoms with Gasteiger partial charge in [-0.05, 0) is 46.0 Å². The van der Waals surface area contributed by atoms with Gasteiger partial charge in [-0.3, -0.25) is 43.2 Å². The van der Waals surface area contributed by atoms with Gasteiger partial charge < -0.3 is 45.6 Å². The molecule has 0 aromatic heterocycles. The summed E-state index contributed by atoms with van der Waals surface area (Å²) in [5.41, 5.74) is 0. The van der Waals surface area contributed by atoms with Gasteiger partial charge in [0.25, 0.3) is 53.3 Å². The first-order valence-electron chi connectivity index (χ1n) is 31.6. The Morgan fingerprint density at radius 2 is 0.782 bits per heavy atom. The van der Waals surface area contributed by atoms with Crippen LogP contribution in [0.15, 0.2) is 24.8 Å². The number of carboxylic acid groups (broad SMARTS) is 8.